The lowest BCUT2D eigenvalue weighted by Crippen LogP contribution is -2.24. The van der Waals surface area contributed by atoms with Crippen LogP contribution in [0.3, 0.4) is 0 Å². The SMILES string of the molecule is COc1ccc([C@@H](C)NC(=O)/C=C/c2c[nH]c3ncc(-c4ccnc(S(C)(=O)=O)c4)cc23)cc1OC. The van der Waals surface area contributed by atoms with Gasteiger partial charge in [-0.05, 0) is 54.5 Å². The van der Waals surface area contributed by atoms with Crippen molar-refractivity contribution in [3.8, 4) is 22.6 Å². The zero-order valence-electron chi connectivity index (χ0n) is 20.3. The number of sulfone groups is 1. The molecular formula is C26H26N4O5S. The first kappa shape index (κ1) is 24.9. The van der Waals surface area contributed by atoms with E-state index in [0.29, 0.717) is 22.7 Å². The summed E-state index contributed by atoms with van der Waals surface area (Å²) in [5.74, 6) is 0.945. The minimum absolute atomic E-state index is 0.00504. The van der Waals surface area contributed by atoms with E-state index < -0.39 is 9.84 Å². The molecule has 4 rings (SSSR count). The number of nitrogens with zero attached hydrogens (tertiary/aromatic N) is 2. The van der Waals surface area contributed by atoms with Crippen molar-refractivity contribution in [1.82, 2.24) is 20.3 Å². The molecule has 0 spiro atoms. The summed E-state index contributed by atoms with van der Waals surface area (Å²) < 4.78 is 34.4. The van der Waals surface area contributed by atoms with Crippen LogP contribution in [0.5, 0.6) is 11.5 Å². The van der Waals surface area contributed by atoms with Crippen LogP contribution in [0.15, 0.2) is 66.1 Å². The number of nitrogens with one attached hydrogen (secondary N) is 2. The molecular weight excluding hydrogens is 480 g/mol. The quantitative estimate of drug-likeness (QED) is 0.347. The van der Waals surface area contributed by atoms with Gasteiger partial charge in [-0.15, -0.1) is 0 Å². The molecule has 1 atom stereocenters. The predicted octanol–water partition coefficient (Wildman–Crippen LogP) is 3.94. The Morgan fingerprint density at radius 1 is 1.06 bits per heavy atom. The molecule has 0 saturated carbocycles. The maximum Gasteiger partial charge on any atom is 0.244 e. The molecule has 4 aromatic rings. The van der Waals surface area contributed by atoms with E-state index in [1.54, 1.807) is 44.8 Å². The molecule has 0 radical (unpaired) electrons. The lowest BCUT2D eigenvalue weighted by atomic mass is 10.1. The number of hydrogen-bond acceptors (Lipinski definition) is 7. The van der Waals surface area contributed by atoms with Gasteiger partial charge in [0, 0.05) is 47.4 Å². The average molecular weight is 507 g/mol. The molecule has 0 fully saturated rings. The fraction of sp³-hybridized carbons (Fsp3) is 0.192. The standard InChI is InChI=1S/C26H26N4O5S/c1-16(17-5-7-22(34-2)23(12-17)35-3)30-24(31)8-6-19-14-28-26-21(19)11-20(15-29-26)18-9-10-27-25(13-18)36(4,32)33/h5-16H,1-4H3,(H,28,29)(H,30,31)/b8-6+/t16-/m1/s1. The van der Waals surface area contributed by atoms with E-state index >= 15 is 0 Å². The summed E-state index contributed by atoms with van der Waals surface area (Å²) in [6, 6.07) is 10.4. The molecule has 36 heavy (non-hydrogen) atoms. The van der Waals surface area contributed by atoms with Gasteiger partial charge in [0.05, 0.1) is 20.3 Å². The fourth-order valence-electron chi connectivity index (χ4n) is 3.74. The van der Waals surface area contributed by atoms with Gasteiger partial charge in [0.25, 0.3) is 0 Å². The summed E-state index contributed by atoms with van der Waals surface area (Å²) in [7, 11) is -0.302. The molecule has 186 valence electrons. The van der Waals surface area contributed by atoms with Crippen molar-refractivity contribution in [1.29, 1.82) is 0 Å². The lowest BCUT2D eigenvalue weighted by Gasteiger charge is -2.15. The molecule has 1 amide bonds. The monoisotopic (exact) mass is 506 g/mol. The zero-order chi connectivity index (χ0) is 25.9. The fourth-order valence-corrected chi connectivity index (χ4v) is 4.34. The highest BCUT2D eigenvalue weighted by atomic mass is 32.2. The minimum Gasteiger partial charge on any atom is -0.493 e. The molecule has 10 heteroatoms. The molecule has 0 aliphatic rings. The Kier molecular flexibility index (Phi) is 7.07. The Bertz CT molecular complexity index is 1560. The minimum atomic E-state index is -3.44. The predicted molar refractivity (Wildman–Crippen MR) is 138 cm³/mol. The van der Waals surface area contributed by atoms with Crippen LogP contribution >= 0.6 is 0 Å². The van der Waals surface area contributed by atoms with Crippen molar-refractivity contribution in [3.63, 3.8) is 0 Å². The first-order valence-electron chi connectivity index (χ1n) is 11.0. The number of amides is 1. The molecule has 1 aromatic carbocycles. The Hall–Kier alpha value is -4.18. The van der Waals surface area contributed by atoms with Crippen molar-refractivity contribution in [3.05, 3.63) is 72.2 Å². The number of benzene rings is 1. The number of carbonyl (C=O) groups excluding carboxylic acids is 1. The zero-order valence-corrected chi connectivity index (χ0v) is 21.1. The van der Waals surface area contributed by atoms with Crippen molar-refractivity contribution < 1.29 is 22.7 Å². The van der Waals surface area contributed by atoms with E-state index in [9.17, 15) is 13.2 Å². The Morgan fingerprint density at radius 3 is 2.56 bits per heavy atom. The van der Waals surface area contributed by atoms with Crippen LogP contribution in [-0.4, -0.2) is 49.8 Å². The van der Waals surface area contributed by atoms with Crippen molar-refractivity contribution in [2.75, 3.05) is 20.5 Å². The largest absolute Gasteiger partial charge is 0.493 e. The average Bonchev–Trinajstić information content (AvgIpc) is 3.28. The van der Waals surface area contributed by atoms with Crippen LogP contribution < -0.4 is 14.8 Å². The Morgan fingerprint density at radius 2 is 1.83 bits per heavy atom. The molecule has 3 heterocycles. The van der Waals surface area contributed by atoms with E-state index in [0.717, 1.165) is 28.3 Å². The first-order valence-corrected chi connectivity index (χ1v) is 12.9. The maximum atomic E-state index is 12.6. The summed E-state index contributed by atoms with van der Waals surface area (Å²) >= 11 is 0. The molecule has 0 aliphatic carbocycles. The summed E-state index contributed by atoms with van der Waals surface area (Å²) in [5, 5.41) is 3.73. The van der Waals surface area contributed by atoms with E-state index in [1.165, 1.54) is 18.3 Å². The number of fused-ring (bicyclic) bond motifs is 1. The summed E-state index contributed by atoms with van der Waals surface area (Å²) in [4.78, 5) is 24.1. The Labute approximate surface area is 209 Å². The highest BCUT2D eigenvalue weighted by molar-refractivity contribution is 7.90. The summed E-state index contributed by atoms with van der Waals surface area (Å²) in [5.41, 5.74) is 3.70. The highest BCUT2D eigenvalue weighted by Crippen LogP contribution is 2.30. The van der Waals surface area contributed by atoms with Gasteiger partial charge in [0.15, 0.2) is 26.4 Å². The molecule has 0 aliphatic heterocycles. The van der Waals surface area contributed by atoms with Crippen LogP contribution in [0.1, 0.15) is 24.1 Å². The third-order valence-electron chi connectivity index (χ3n) is 5.69. The first-order chi connectivity index (χ1) is 17.2. The number of carbonyl (C=O) groups is 1. The van der Waals surface area contributed by atoms with Gasteiger partial charge in [-0.1, -0.05) is 6.07 Å². The third-order valence-corrected chi connectivity index (χ3v) is 6.67. The van der Waals surface area contributed by atoms with Gasteiger partial charge in [0.1, 0.15) is 5.65 Å². The smallest absolute Gasteiger partial charge is 0.244 e. The number of hydrogen-bond donors (Lipinski definition) is 2. The van der Waals surface area contributed by atoms with E-state index in [2.05, 4.69) is 20.3 Å². The molecule has 0 bridgehead atoms. The van der Waals surface area contributed by atoms with Crippen LogP contribution in [0.2, 0.25) is 0 Å². The van der Waals surface area contributed by atoms with Gasteiger partial charge in [0.2, 0.25) is 5.91 Å². The van der Waals surface area contributed by atoms with Gasteiger partial charge in [-0.25, -0.2) is 18.4 Å². The number of H-pyrrole nitrogens is 1. The maximum absolute atomic E-state index is 12.6. The number of pyridine rings is 2. The normalized spacial score (nSPS) is 12.6. The molecule has 0 saturated heterocycles. The van der Waals surface area contributed by atoms with Gasteiger partial charge >= 0.3 is 0 Å². The van der Waals surface area contributed by atoms with Crippen LogP contribution in [0.25, 0.3) is 28.2 Å². The van der Waals surface area contributed by atoms with E-state index in [4.69, 9.17) is 9.47 Å². The summed E-state index contributed by atoms with van der Waals surface area (Å²) in [6.07, 6.45) is 9.16. The lowest BCUT2D eigenvalue weighted by molar-refractivity contribution is -0.117. The topological polar surface area (TPSA) is 123 Å². The van der Waals surface area contributed by atoms with Crippen LogP contribution in [-0.2, 0) is 14.6 Å². The van der Waals surface area contributed by atoms with E-state index in [1.807, 2.05) is 25.1 Å². The van der Waals surface area contributed by atoms with Crippen molar-refractivity contribution in [2.45, 2.75) is 18.0 Å². The molecule has 2 N–H and O–H groups in total. The number of aromatic nitrogens is 3. The number of methoxy groups -OCH3 is 2. The van der Waals surface area contributed by atoms with Crippen molar-refractivity contribution in [2.24, 2.45) is 0 Å². The van der Waals surface area contributed by atoms with Crippen LogP contribution in [0.4, 0.5) is 0 Å². The molecule has 9 nitrogen and oxygen atoms in total. The highest BCUT2D eigenvalue weighted by Gasteiger charge is 2.13. The number of ether oxygens (including phenoxy) is 2. The third kappa shape index (κ3) is 5.38. The molecule has 0 unspecified atom stereocenters. The number of aromatic amines is 1. The second-order valence-electron chi connectivity index (χ2n) is 8.20. The Balaban J connectivity index is 1.54. The van der Waals surface area contributed by atoms with Crippen molar-refractivity contribution >= 4 is 32.9 Å². The second-order valence-corrected chi connectivity index (χ2v) is 10.2. The molecule has 3 aromatic heterocycles. The number of rotatable bonds is 8. The summed E-state index contributed by atoms with van der Waals surface area (Å²) in [6.45, 7) is 1.88. The van der Waals surface area contributed by atoms with Gasteiger partial charge in [-0.2, -0.15) is 0 Å². The van der Waals surface area contributed by atoms with E-state index in [-0.39, 0.29) is 17.0 Å². The van der Waals surface area contributed by atoms with Gasteiger partial charge in [-0.3, -0.25) is 4.79 Å². The van der Waals surface area contributed by atoms with Gasteiger partial charge < -0.3 is 19.8 Å². The second kappa shape index (κ2) is 10.2. The van der Waals surface area contributed by atoms with Crippen LogP contribution in [0, 0.1) is 0 Å².